The highest BCUT2D eigenvalue weighted by atomic mass is 32.1. The van der Waals surface area contributed by atoms with Crippen molar-refractivity contribution in [2.75, 3.05) is 14.7 Å². The molecule has 0 radical (unpaired) electrons. The van der Waals surface area contributed by atoms with Crippen molar-refractivity contribution in [2.24, 2.45) is 0 Å². The average Bonchev–Trinajstić information content (AvgIpc) is 3.73. The first-order valence-corrected chi connectivity index (χ1v) is 27.9. The summed E-state index contributed by atoms with van der Waals surface area (Å²) in [6.45, 7) is 33.8. The van der Waals surface area contributed by atoms with E-state index in [0.29, 0.717) is 0 Å². The Kier molecular flexibility index (Phi) is 10.7. The zero-order valence-corrected chi connectivity index (χ0v) is 46.8. The van der Waals surface area contributed by atoms with Gasteiger partial charge in [0.25, 0.3) is 6.71 Å². The average molecular weight is 976 g/mol. The molecular weight excluding hydrogens is 902 g/mol. The van der Waals surface area contributed by atoms with E-state index in [-0.39, 0.29) is 39.2 Å². The van der Waals surface area contributed by atoms with Crippen molar-refractivity contribution in [1.29, 1.82) is 0 Å². The second kappa shape index (κ2) is 16.2. The monoisotopic (exact) mass is 976 g/mol. The van der Waals surface area contributed by atoms with Gasteiger partial charge in [0.15, 0.2) is 0 Å². The molecule has 12 rings (SSSR count). The minimum Gasteiger partial charge on any atom is -0.311 e. The van der Waals surface area contributed by atoms with Crippen molar-refractivity contribution in [3.63, 3.8) is 0 Å². The Morgan fingerprint density at radius 3 is 1.51 bits per heavy atom. The molecule has 3 nitrogen and oxygen atoms in total. The summed E-state index contributed by atoms with van der Waals surface area (Å²) in [5.41, 5.74) is 22.6. The van der Waals surface area contributed by atoms with Gasteiger partial charge in [0.2, 0.25) is 0 Å². The van der Waals surface area contributed by atoms with Crippen molar-refractivity contribution >= 4 is 95.0 Å². The molecule has 4 aliphatic rings. The molecule has 2 aliphatic heterocycles. The van der Waals surface area contributed by atoms with Gasteiger partial charge in [0, 0.05) is 54.7 Å². The lowest BCUT2D eigenvalue weighted by molar-refractivity contribution is 0.332. The zero-order valence-electron chi connectivity index (χ0n) is 46.0. The molecule has 370 valence electrons. The number of benzene rings is 7. The third-order valence-electron chi connectivity index (χ3n) is 17.9. The van der Waals surface area contributed by atoms with E-state index in [9.17, 15) is 0 Å². The summed E-state index contributed by atoms with van der Waals surface area (Å²) >= 11 is 2.02. The summed E-state index contributed by atoms with van der Waals surface area (Å²) in [4.78, 5) is 7.86. The van der Waals surface area contributed by atoms with Crippen LogP contribution in [0.4, 0.5) is 51.2 Å². The highest BCUT2D eigenvalue weighted by Gasteiger charge is 2.49. The van der Waals surface area contributed by atoms with Crippen molar-refractivity contribution in [3.05, 3.63) is 179 Å². The second-order valence-electron chi connectivity index (χ2n) is 26.8. The van der Waals surface area contributed by atoms with E-state index >= 15 is 0 Å². The molecule has 0 bridgehead atoms. The molecule has 2 aliphatic carbocycles. The number of nitrogens with zero attached hydrogens (tertiary/aromatic N) is 3. The van der Waals surface area contributed by atoms with Crippen LogP contribution in [-0.4, -0.2) is 6.71 Å². The summed E-state index contributed by atoms with van der Waals surface area (Å²) in [5, 5.41) is 1.32. The fraction of sp³-hybridized carbons (Fsp3) is 0.353. The number of hydrogen-bond acceptors (Lipinski definition) is 4. The summed E-state index contributed by atoms with van der Waals surface area (Å²) < 4.78 is 2.77. The maximum atomic E-state index is 2.72. The van der Waals surface area contributed by atoms with Crippen molar-refractivity contribution in [3.8, 4) is 0 Å². The highest BCUT2D eigenvalue weighted by Crippen LogP contribution is 2.55. The lowest BCUT2D eigenvalue weighted by atomic mass is 9.35. The summed E-state index contributed by atoms with van der Waals surface area (Å²) in [5.74, 6) is 0. The molecule has 3 heterocycles. The molecule has 5 heteroatoms. The number of rotatable bonds is 5. The molecule has 0 saturated carbocycles. The van der Waals surface area contributed by atoms with Gasteiger partial charge in [-0.3, -0.25) is 0 Å². The smallest absolute Gasteiger partial charge is 0.264 e. The van der Waals surface area contributed by atoms with Crippen LogP contribution in [0, 0.1) is 0 Å². The largest absolute Gasteiger partial charge is 0.311 e. The van der Waals surface area contributed by atoms with E-state index in [1.165, 1.54) is 99.7 Å². The minimum atomic E-state index is 0.00178. The van der Waals surface area contributed by atoms with Crippen LogP contribution in [0.25, 0.3) is 10.1 Å². The van der Waals surface area contributed by atoms with Crippen LogP contribution >= 0.6 is 11.3 Å². The predicted octanol–water partition coefficient (Wildman–Crippen LogP) is 17.7. The van der Waals surface area contributed by atoms with E-state index in [4.69, 9.17) is 0 Å². The van der Waals surface area contributed by atoms with Crippen molar-refractivity contribution < 1.29 is 0 Å². The van der Waals surface area contributed by atoms with Gasteiger partial charge in [0.05, 0.1) is 11.4 Å². The van der Waals surface area contributed by atoms with Gasteiger partial charge >= 0.3 is 0 Å². The van der Waals surface area contributed by atoms with Crippen LogP contribution in [0.2, 0.25) is 0 Å². The molecule has 73 heavy (non-hydrogen) atoms. The fourth-order valence-corrected chi connectivity index (χ4v) is 14.5. The maximum absolute atomic E-state index is 2.72. The molecule has 0 unspecified atom stereocenters. The van der Waals surface area contributed by atoms with E-state index in [1.54, 1.807) is 0 Å². The van der Waals surface area contributed by atoms with Gasteiger partial charge in [-0.25, -0.2) is 0 Å². The molecule has 7 aromatic carbocycles. The van der Waals surface area contributed by atoms with Crippen LogP contribution in [-0.2, 0) is 32.5 Å². The Labute approximate surface area is 441 Å². The van der Waals surface area contributed by atoms with Gasteiger partial charge in [-0.1, -0.05) is 170 Å². The third-order valence-corrected chi connectivity index (χ3v) is 19.1. The van der Waals surface area contributed by atoms with Crippen molar-refractivity contribution in [1.82, 2.24) is 0 Å². The highest BCUT2D eigenvalue weighted by molar-refractivity contribution is 7.33. The van der Waals surface area contributed by atoms with E-state index in [1.807, 2.05) is 11.3 Å². The molecular formula is C68H74BN3S. The van der Waals surface area contributed by atoms with Crippen molar-refractivity contribution in [2.45, 2.75) is 155 Å². The first-order chi connectivity index (χ1) is 34.4. The molecule has 0 N–H and O–H groups in total. The quantitative estimate of drug-likeness (QED) is 0.159. The van der Waals surface area contributed by atoms with E-state index in [0.717, 1.165) is 36.3 Å². The van der Waals surface area contributed by atoms with E-state index in [2.05, 4.69) is 257 Å². The first kappa shape index (κ1) is 47.9. The Morgan fingerprint density at radius 1 is 0.452 bits per heavy atom. The predicted molar refractivity (Wildman–Crippen MR) is 319 cm³/mol. The molecule has 0 saturated heterocycles. The standard InChI is InChI=1S/C68H74BN3S/c1-63(2,3)43-25-28-47(29-26-43)72-58-40-49(70(45-21-17-15-18-22-45)46-23-19-16-20-24-46)39-57-60(58)69(62-61(72)50-31-27-44(64(4,5)6)37-59(50)73-62)55-41-53-54(68(13,14)36-35-67(53,11)12)42-56(55)71(57)48-30-32-51-52(38-48)66(9,10)34-33-65(51,7)8/h15-32,37-42H,33-36H2,1-14H3. The van der Waals surface area contributed by atoms with Crippen LogP contribution in [0.3, 0.4) is 0 Å². The summed E-state index contributed by atoms with van der Waals surface area (Å²) in [7, 11) is 0. The summed E-state index contributed by atoms with van der Waals surface area (Å²) in [6, 6.07) is 56.9. The minimum absolute atomic E-state index is 0.00178. The number of fused-ring (bicyclic) bond motifs is 8. The summed E-state index contributed by atoms with van der Waals surface area (Å²) in [6.07, 6.45) is 4.67. The Hall–Kier alpha value is -6.04. The normalized spacial score (nSPS) is 17.9. The number of thiophene rings is 1. The second-order valence-corrected chi connectivity index (χ2v) is 27.9. The Bertz CT molecular complexity index is 3450. The molecule has 1 aromatic heterocycles. The third kappa shape index (κ3) is 7.64. The zero-order chi connectivity index (χ0) is 51.4. The van der Waals surface area contributed by atoms with Crippen LogP contribution < -0.4 is 30.4 Å². The number of anilines is 9. The van der Waals surface area contributed by atoms with Gasteiger partial charge in [-0.15, -0.1) is 11.3 Å². The van der Waals surface area contributed by atoms with Gasteiger partial charge in [-0.2, -0.15) is 0 Å². The van der Waals surface area contributed by atoms with E-state index < -0.39 is 0 Å². The lowest BCUT2D eigenvalue weighted by Crippen LogP contribution is -2.61. The Morgan fingerprint density at radius 2 is 0.945 bits per heavy atom. The number of hydrogen-bond donors (Lipinski definition) is 0. The molecule has 8 aromatic rings. The SMILES string of the molecule is CC(C)(C)c1ccc(N2c3cc(N(c4ccccc4)c4ccccc4)cc4c3B(c3cc5c(cc3N4c3ccc4c(c3)C(C)(C)CCC4(C)C)C(C)(C)CCC5(C)C)c3sc4cc(C(C)(C)C)ccc4c32)cc1. The molecule has 0 fully saturated rings. The van der Waals surface area contributed by atoms with Crippen LogP contribution in [0.1, 0.15) is 156 Å². The van der Waals surface area contributed by atoms with Gasteiger partial charge in [0.1, 0.15) is 0 Å². The lowest BCUT2D eigenvalue weighted by Gasteiger charge is -2.47. The molecule has 0 spiro atoms. The Balaban J connectivity index is 1.25. The molecule has 0 amide bonds. The maximum Gasteiger partial charge on any atom is 0.264 e. The fourth-order valence-electron chi connectivity index (χ4n) is 13.1. The first-order valence-electron chi connectivity index (χ1n) is 27.1. The number of para-hydroxylation sites is 2. The molecule has 0 atom stereocenters. The van der Waals surface area contributed by atoms with Gasteiger partial charge < -0.3 is 14.7 Å². The van der Waals surface area contributed by atoms with Crippen LogP contribution in [0.5, 0.6) is 0 Å². The van der Waals surface area contributed by atoms with Crippen LogP contribution in [0.15, 0.2) is 146 Å². The van der Waals surface area contributed by atoms with Gasteiger partial charge in [-0.05, 0) is 175 Å². The topological polar surface area (TPSA) is 9.72 Å².